The lowest BCUT2D eigenvalue weighted by Crippen LogP contribution is -1.92. The van der Waals surface area contributed by atoms with E-state index in [-0.39, 0.29) is 10.6 Å². The van der Waals surface area contributed by atoms with E-state index in [1.807, 2.05) is 24.3 Å². The van der Waals surface area contributed by atoms with E-state index >= 15 is 0 Å². The molecule has 0 saturated carbocycles. The molecule has 2 rings (SSSR count). The number of rotatable bonds is 3. The van der Waals surface area contributed by atoms with E-state index in [4.69, 9.17) is 0 Å². The Balaban J connectivity index is 2.28. The van der Waals surface area contributed by atoms with Gasteiger partial charge < -0.3 is 0 Å². The Morgan fingerprint density at radius 3 is 2.82 bits per heavy atom. The number of halogens is 1. The fourth-order valence-electron chi connectivity index (χ4n) is 1.59. The van der Waals surface area contributed by atoms with Crippen LogP contribution in [0.15, 0.2) is 46.9 Å². The second-order valence-electron chi connectivity index (χ2n) is 3.61. The fraction of sp³-hybridized carbons (Fsp3) is 0.0769. The van der Waals surface area contributed by atoms with Crippen LogP contribution in [-0.4, -0.2) is 4.92 Å². The number of nitrogens with zero attached hydrogens (tertiary/aromatic N) is 1. The molecule has 0 aromatic heterocycles. The first-order valence-corrected chi connectivity index (χ1v) is 5.84. The van der Waals surface area contributed by atoms with E-state index in [9.17, 15) is 10.1 Å². The van der Waals surface area contributed by atoms with Crippen molar-refractivity contribution in [1.82, 2.24) is 0 Å². The van der Waals surface area contributed by atoms with Crippen molar-refractivity contribution in [2.45, 2.75) is 6.42 Å². The largest absolute Gasteiger partial charge is 0.269 e. The van der Waals surface area contributed by atoms with Crippen molar-refractivity contribution in [2.24, 2.45) is 0 Å². The SMILES string of the molecule is O=[N+]([O-])c1cccc(Cc2ccc[c]c2Br)c1. The second kappa shape index (κ2) is 5.10. The van der Waals surface area contributed by atoms with Crippen LogP contribution >= 0.6 is 15.9 Å². The standard InChI is InChI=1S/C13H9BrNO2/c14-13-7-2-1-5-11(13)8-10-4-3-6-12(9-10)15(16)17/h1-6,9H,8H2. The number of hydrogen-bond donors (Lipinski definition) is 0. The van der Waals surface area contributed by atoms with Gasteiger partial charge in [-0.3, -0.25) is 10.1 Å². The highest BCUT2D eigenvalue weighted by molar-refractivity contribution is 9.10. The third-order valence-electron chi connectivity index (χ3n) is 2.40. The van der Waals surface area contributed by atoms with Crippen LogP contribution in [0.4, 0.5) is 5.69 Å². The molecule has 85 valence electrons. The molecule has 1 radical (unpaired) electrons. The van der Waals surface area contributed by atoms with Crippen LogP contribution in [0.25, 0.3) is 0 Å². The molecule has 4 heteroatoms. The monoisotopic (exact) mass is 290 g/mol. The smallest absolute Gasteiger partial charge is 0.258 e. The molecular formula is C13H9BrNO2. The molecule has 0 fully saturated rings. The van der Waals surface area contributed by atoms with Crippen molar-refractivity contribution in [3.05, 3.63) is 74.2 Å². The summed E-state index contributed by atoms with van der Waals surface area (Å²) in [6, 6.07) is 15.4. The minimum Gasteiger partial charge on any atom is -0.258 e. The van der Waals surface area contributed by atoms with Gasteiger partial charge in [-0.15, -0.1) is 0 Å². The summed E-state index contributed by atoms with van der Waals surface area (Å²) in [6.45, 7) is 0. The highest BCUT2D eigenvalue weighted by atomic mass is 79.9. The van der Waals surface area contributed by atoms with Crippen molar-refractivity contribution in [1.29, 1.82) is 0 Å². The van der Waals surface area contributed by atoms with Gasteiger partial charge in [-0.2, -0.15) is 0 Å². The first-order chi connectivity index (χ1) is 8.16. The van der Waals surface area contributed by atoms with E-state index in [0.29, 0.717) is 6.42 Å². The van der Waals surface area contributed by atoms with Crippen molar-refractivity contribution in [2.75, 3.05) is 0 Å². The Morgan fingerprint density at radius 2 is 2.12 bits per heavy atom. The molecule has 0 N–H and O–H groups in total. The van der Waals surface area contributed by atoms with Crippen LogP contribution < -0.4 is 0 Å². The number of nitro groups is 1. The van der Waals surface area contributed by atoms with E-state index in [0.717, 1.165) is 15.6 Å². The Kier molecular flexibility index (Phi) is 3.54. The topological polar surface area (TPSA) is 43.1 Å². The zero-order valence-electron chi connectivity index (χ0n) is 8.89. The number of hydrogen-bond acceptors (Lipinski definition) is 2. The highest BCUT2D eigenvalue weighted by Gasteiger charge is 2.07. The normalized spacial score (nSPS) is 10.2. The molecular weight excluding hydrogens is 282 g/mol. The maximum atomic E-state index is 10.7. The third-order valence-corrected chi connectivity index (χ3v) is 3.14. The van der Waals surface area contributed by atoms with Crippen LogP contribution in [0.5, 0.6) is 0 Å². The van der Waals surface area contributed by atoms with Crippen LogP contribution in [0.3, 0.4) is 0 Å². The molecule has 2 aromatic carbocycles. The Bertz CT molecular complexity index is 555. The molecule has 0 atom stereocenters. The molecule has 0 amide bonds. The molecule has 0 aliphatic rings. The molecule has 0 bridgehead atoms. The number of benzene rings is 2. The second-order valence-corrected chi connectivity index (χ2v) is 4.41. The molecule has 0 saturated heterocycles. The van der Waals surface area contributed by atoms with Crippen molar-refractivity contribution >= 4 is 21.6 Å². The van der Waals surface area contributed by atoms with Crippen molar-refractivity contribution < 1.29 is 4.92 Å². The summed E-state index contributed by atoms with van der Waals surface area (Å²) in [5.74, 6) is 0. The third kappa shape index (κ3) is 2.91. The van der Waals surface area contributed by atoms with Crippen LogP contribution in [0.1, 0.15) is 11.1 Å². The molecule has 0 aliphatic carbocycles. The Hall–Kier alpha value is -1.68. The van der Waals surface area contributed by atoms with Gasteiger partial charge in [-0.1, -0.05) is 30.3 Å². The molecule has 0 heterocycles. The lowest BCUT2D eigenvalue weighted by molar-refractivity contribution is -0.384. The van der Waals surface area contributed by atoms with Gasteiger partial charge in [0, 0.05) is 16.6 Å². The maximum Gasteiger partial charge on any atom is 0.269 e. The van der Waals surface area contributed by atoms with E-state index < -0.39 is 0 Å². The fourth-order valence-corrected chi connectivity index (χ4v) is 1.99. The summed E-state index contributed by atoms with van der Waals surface area (Å²) in [6.07, 6.45) is 0.652. The van der Waals surface area contributed by atoms with Crippen molar-refractivity contribution in [3.63, 3.8) is 0 Å². The van der Waals surface area contributed by atoms with Crippen molar-refractivity contribution in [3.8, 4) is 0 Å². The van der Waals surface area contributed by atoms with Crippen LogP contribution in [0.2, 0.25) is 0 Å². The molecule has 17 heavy (non-hydrogen) atoms. The van der Waals surface area contributed by atoms with E-state index in [2.05, 4.69) is 22.0 Å². The minimum atomic E-state index is -0.379. The average molecular weight is 291 g/mol. The summed E-state index contributed by atoms with van der Waals surface area (Å²) in [4.78, 5) is 10.3. The molecule has 3 nitrogen and oxygen atoms in total. The van der Waals surface area contributed by atoms with E-state index in [1.165, 1.54) is 6.07 Å². The lowest BCUT2D eigenvalue weighted by atomic mass is 10.0. The first kappa shape index (κ1) is 11.8. The van der Waals surface area contributed by atoms with Gasteiger partial charge in [0.05, 0.1) is 4.92 Å². The first-order valence-electron chi connectivity index (χ1n) is 5.05. The lowest BCUT2D eigenvalue weighted by Gasteiger charge is -2.03. The van der Waals surface area contributed by atoms with Gasteiger partial charge in [-0.05, 0) is 39.5 Å². The van der Waals surface area contributed by atoms with Gasteiger partial charge in [0.15, 0.2) is 0 Å². The summed E-state index contributed by atoms with van der Waals surface area (Å²) < 4.78 is 0.895. The predicted octanol–water partition coefficient (Wildman–Crippen LogP) is 3.75. The van der Waals surface area contributed by atoms with Gasteiger partial charge in [0.2, 0.25) is 0 Å². The Morgan fingerprint density at radius 1 is 1.29 bits per heavy atom. The molecule has 2 aromatic rings. The minimum absolute atomic E-state index is 0.124. The molecule has 0 spiro atoms. The molecule has 0 aliphatic heterocycles. The molecule has 0 unspecified atom stereocenters. The Labute approximate surface area is 107 Å². The van der Waals surface area contributed by atoms with Gasteiger partial charge in [-0.25, -0.2) is 0 Å². The van der Waals surface area contributed by atoms with Gasteiger partial charge in [0.1, 0.15) is 0 Å². The van der Waals surface area contributed by atoms with Gasteiger partial charge >= 0.3 is 0 Å². The summed E-state index contributed by atoms with van der Waals surface area (Å²) in [7, 11) is 0. The maximum absolute atomic E-state index is 10.7. The van der Waals surface area contributed by atoms with Crippen LogP contribution in [0, 0.1) is 16.2 Å². The zero-order chi connectivity index (χ0) is 12.3. The number of non-ortho nitro benzene ring substituents is 1. The predicted molar refractivity (Wildman–Crippen MR) is 68.9 cm³/mol. The van der Waals surface area contributed by atoms with Crippen LogP contribution in [-0.2, 0) is 6.42 Å². The summed E-state index contributed by atoms with van der Waals surface area (Å²) in [5, 5.41) is 10.7. The highest BCUT2D eigenvalue weighted by Crippen LogP contribution is 2.21. The quantitative estimate of drug-likeness (QED) is 0.638. The van der Waals surface area contributed by atoms with E-state index in [1.54, 1.807) is 12.1 Å². The average Bonchev–Trinajstić information content (AvgIpc) is 2.32. The van der Waals surface area contributed by atoms with Gasteiger partial charge in [0.25, 0.3) is 5.69 Å². The zero-order valence-corrected chi connectivity index (χ0v) is 10.5. The number of nitro benzene ring substituents is 1. The summed E-state index contributed by atoms with van der Waals surface area (Å²) in [5.41, 5.74) is 2.10. The summed E-state index contributed by atoms with van der Waals surface area (Å²) >= 11 is 3.41.